The Morgan fingerprint density at radius 1 is 1.03 bits per heavy atom. The maximum Gasteiger partial charge on any atom is 0.283 e. The number of hydrogen-bond acceptors (Lipinski definition) is 5. The molecule has 5 rings (SSSR count). The summed E-state index contributed by atoms with van der Waals surface area (Å²) in [5, 5.41) is 11.2. The Morgan fingerprint density at radius 2 is 1.80 bits per heavy atom. The van der Waals surface area contributed by atoms with Crippen molar-refractivity contribution in [2.24, 2.45) is 4.99 Å². The number of ether oxygens (including phenoxy) is 2. The second-order valence-corrected chi connectivity index (χ2v) is 8.95. The van der Waals surface area contributed by atoms with Gasteiger partial charge < -0.3 is 9.47 Å². The fraction of sp³-hybridized carbons (Fsp3) is 0.107. The highest BCUT2D eigenvalue weighted by Gasteiger charge is 2.36. The summed E-state index contributed by atoms with van der Waals surface area (Å²) in [7, 11) is 1.58. The number of carbonyl (C=O) groups is 1. The summed E-state index contributed by atoms with van der Waals surface area (Å²) >= 11 is 1.35. The standard InChI is InChI=1S/C28H23N3O3S/c1-18-8-10-19(11-9-18)16-34-24-13-12-20(15-25(24)33-2)14-22-26(29)31-23(21-6-4-3-5-7-21)17-35-28(31)30-27(22)32/h3-15,17,29H,16H2,1-2H3/b22-14-,29-26?. The van der Waals surface area contributed by atoms with E-state index in [1.165, 1.54) is 17.3 Å². The molecule has 3 aromatic carbocycles. The molecule has 0 bridgehead atoms. The van der Waals surface area contributed by atoms with Gasteiger partial charge in [0.15, 0.2) is 16.7 Å². The van der Waals surface area contributed by atoms with Crippen LogP contribution in [0.25, 0.3) is 11.8 Å². The Balaban J connectivity index is 1.39. The Bertz CT molecular complexity index is 1390. The normalized spacial score (nSPS) is 16.2. The Hall–Kier alpha value is -4.10. The van der Waals surface area contributed by atoms with Gasteiger partial charge >= 0.3 is 0 Å². The molecule has 0 fully saturated rings. The van der Waals surface area contributed by atoms with Gasteiger partial charge in [-0.3, -0.25) is 15.1 Å². The first-order chi connectivity index (χ1) is 17.0. The van der Waals surface area contributed by atoms with Gasteiger partial charge in [0.05, 0.1) is 18.4 Å². The summed E-state index contributed by atoms with van der Waals surface area (Å²) in [6.07, 6.45) is 1.67. The van der Waals surface area contributed by atoms with E-state index in [1.807, 2.05) is 79.1 Å². The van der Waals surface area contributed by atoms with Crippen molar-refractivity contribution in [2.45, 2.75) is 13.5 Å². The predicted molar refractivity (Wildman–Crippen MR) is 140 cm³/mol. The van der Waals surface area contributed by atoms with Crippen LogP contribution in [0.3, 0.4) is 0 Å². The van der Waals surface area contributed by atoms with Gasteiger partial charge in [-0.1, -0.05) is 78.0 Å². The van der Waals surface area contributed by atoms with E-state index in [1.54, 1.807) is 24.2 Å². The zero-order valence-corrected chi connectivity index (χ0v) is 20.1. The summed E-state index contributed by atoms with van der Waals surface area (Å²) in [4.78, 5) is 18.7. The maximum absolute atomic E-state index is 12.8. The number of hydrogen-bond donors (Lipinski definition) is 1. The molecule has 0 radical (unpaired) electrons. The Morgan fingerprint density at radius 3 is 2.54 bits per heavy atom. The SMILES string of the molecule is COc1cc(/C=C2/C(=N)N3C(c4ccccc4)=CSC3=NC2=O)ccc1OCc1ccc(C)cc1. The van der Waals surface area contributed by atoms with Gasteiger partial charge in [-0.25, -0.2) is 0 Å². The molecule has 0 saturated carbocycles. The third-order valence-electron chi connectivity index (χ3n) is 5.70. The number of aryl methyl sites for hydroxylation is 1. The molecule has 0 aliphatic carbocycles. The summed E-state index contributed by atoms with van der Waals surface area (Å²) in [6.45, 7) is 2.46. The van der Waals surface area contributed by atoms with Crippen LogP contribution in [-0.2, 0) is 11.4 Å². The molecule has 0 saturated heterocycles. The van der Waals surface area contributed by atoms with Gasteiger partial charge in [-0.15, -0.1) is 0 Å². The van der Waals surface area contributed by atoms with Crippen LogP contribution in [0.4, 0.5) is 0 Å². The van der Waals surface area contributed by atoms with E-state index in [9.17, 15) is 4.79 Å². The van der Waals surface area contributed by atoms with Crippen molar-refractivity contribution in [1.82, 2.24) is 4.90 Å². The van der Waals surface area contributed by atoms with Gasteiger partial charge in [0.2, 0.25) is 0 Å². The highest BCUT2D eigenvalue weighted by atomic mass is 32.2. The second kappa shape index (κ2) is 9.64. The lowest BCUT2D eigenvalue weighted by Gasteiger charge is -2.27. The number of amides is 1. The molecule has 2 aliphatic rings. The fourth-order valence-corrected chi connectivity index (χ4v) is 4.71. The molecule has 0 spiro atoms. The van der Waals surface area contributed by atoms with E-state index in [0.29, 0.717) is 28.8 Å². The van der Waals surface area contributed by atoms with Gasteiger partial charge in [0.25, 0.3) is 5.91 Å². The first kappa shape index (κ1) is 22.7. The van der Waals surface area contributed by atoms with Crippen LogP contribution in [0, 0.1) is 12.3 Å². The number of amidine groups is 2. The van der Waals surface area contributed by atoms with Crippen LogP contribution in [0.1, 0.15) is 22.3 Å². The van der Waals surface area contributed by atoms with Gasteiger partial charge in [-0.2, -0.15) is 4.99 Å². The summed E-state index contributed by atoms with van der Waals surface area (Å²) in [6, 6.07) is 23.4. The predicted octanol–water partition coefficient (Wildman–Crippen LogP) is 5.89. The number of rotatable bonds is 6. The number of aliphatic imine (C=N–C) groups is 1. The van der Waals surface area contributed by atoms with Crippen LogP contribution < -0.4 is 9.47 Å². The topological polar surface area (TPSA) is 75.0 Å². The lowest BCUT2D eigenvalue weighted by Crippen LogP contribution is -2.38. The van der Waals surface area contributed by atoms with E-state index in [0.717, 1.165) is 16.8 Å². The number of nitrogens with one attached hydrogen (secondary N) is 1. The highest BCUT2D eigenvalue weighted by molar-refractivity contribution is 8.17. The third-order valence-corrected chi connectivity index (χ3v) is 6.52. The van der Waals surface area contributed by atoms with Crippen molar-refractivity contribution in [2.75, 3.05) is 7.11 Å². The molecule has 7 heteroatoms. The molecule has 2 heterocycles. The van der Waals surface area contributed by atoms with Crippen molar-refractivity contribution in [3.8, 4) is 11.5 Å². The van der Waals surface area contributed by atoms with Gasteiger partial charge in [-0.05, 0) is 41.8 Å². The number of thioether (sulfide) groups is 1. The molecule has 0 unspecified atom stereocenters. The number of carbonyl (C=O) groups excluding carboxylic acids is 1. The minimum atomic E-state index is -0.435. The average Bonchev–Trinajstić information content (AvgIpc) is 3.31. The molecular formula is C28H23N3O3S. The molecule has 1 amide bonds. The van der Waals surface area contributed by atoms with Crippen LogP contribution in [-0.4, -0.2) is 28.9 Å². The number of benzene rings is 3. The zero-order chi connectivity index (χ0) is 24.4. The average molecular weight is 482 g/mol. The van der Waals surface area contributed by atoms with E-state index in [4.69, 9.17) is 14.9 Å². The molecule has 6 nitrogen and oxygen atoms in total. The molecule has 0 aromatic heterocycles. The number of methoxy groups -OCH3 is 1. The summed E-state index contributed by atoms with van der Waals surface area (Å²) in [5.74, 6) is 0.812. The van der Waals surface area contributed by atoms with E-state index in [-0.39, 0.29) is 11.4 Å². The highest BCUT2D eigenvalue weighted by Crippen LogP contribution is 2.37. The third kappa shape index (κ3) is 4.63. The van der Waals surface area contributed by atoms with E-state index in [2.05, 4.69) is 4.99 Å². The lowest BCUT2D eigenvalue weighted by atomic mass is 10.1. The summed E-state index contributed by atoms with van der Waals surface area (Å²) in [5.41, 5.74) is 4.98. The van der Waals surface area contributed by atoms with Crippen molar-refractivity contribution in [1.29, 1.82) is 5.41 Å². The maximum atomic E-state index is 12.8. The second-order valence-electron chi connectivity index (χ2n) is 8.11. The van der Waals surface area contributed by atoms with Crippen LogP contribution in [0.2, 0.25) is 0 Å². The largest absolute Gasteiger partial charge is 0.493 e. The first-order valence-corrected chi connectivity index (χ1v) is 11.9. The van der Waals surface area contributed by atoms with Crippen molar-refractivity contribution < 1.29 is 14.3 Å². The Kier molecular flexibility index (Phi) is 6.25. The fourth-order valence-electron chi connectivity index (χ4n) is 3.82. The number of nitrogens with zero attached hydrogens (tertiary/aromatic N) is 2. The lowest BCUT2D eigenvalue weighted by molar-refractivity contribution is -0.114. The zero-order valence-electron chi connectivity index (χ0n) is 19.3. The quantitative estimate of drug-likeness (QED) is 0.445. The van der Waals surface area contributed by atoms with Crippen LogP contribution >= 0.6 is 11.8 Å². The molecular weight excluding hydrogens is 458 g/mol. The molecule has 174 valence electrons. The molecule has 2 aliphatic heterocycles. The molecule has 35 heavy (non-hydrogen) atoms. The minimum Gasteiger partial charge on any atom is -0.493 e. The molecule has 3 aromatic rings. The smallest absolute Gasteiger partial charge is 0.283 e. The number of fused-ring (bicyclic) bond motifs is 1. The first-order valence-electron chi connectivity index (χ1n) is 11.1. The van der Waals surface area contributed by atoms with Crippen LogP contribution in [0.15, 0.2) is 88.8 Å². The monoisotopic (exact) mass is 481 g/mol. The van der Waals surface area contributed by atoms with Gasteiger partial charge in [0.1, 0.15) is 12.4 Å². The summed E-state index contributed by atoms with van der Waals surface area (Å²) < 4.78 is 11.5. The van der Waals surface area contributed by atoms with E-state index < -0.39 is 5.91 Å². The molecule has 0 atom stereocenters. The van der Waals surface area contributed by atoms with Crippen molar-refractivity contribution >= 4 is 40.4 Å². The minimum absolute atomic E-state index is 0.0961. The molecule has 1 N–H and O–H groups in total. The van der Waals surface area contributed by atoms with Crippen LogP contribution in [0.5, 0.6) is 11.5 Å². The Labute approximate surface area is 208 Å². The van der Waals surface area contributed by atoms with Gasteiger partial charge in [0, 0.05) is 5.41 Å². The van der Waals surface area contributed by atoms with Crippen molar-refractivity contribution in [3.05, 3.63) is 106 Å². The van der Waals surface area contributed by atoms with E-state index >= 15 is 0 Å². The van der Waals surface area contributed by atoms with Crippen molar-refractivity contribution in [3.63, 3.8) is 0 Å².